The molecule has 2 rings (SSSR count). The first-order chi connectivity index (χ1) is 11.8. The highest BCUT2D eigenvalue weighted by atomic mass is 35.5. The van der Waals surface area contributed by atoms with Crippen LogP contribution in [-0.4, -0.2) is 52.9 Å². The average molecular weight is 384 g/mol. The number of nitrogens with zero attached hydrogens (tertiary/aromatic N) is 2. The highest BCUT2D eigenvalue weighted by Gasteiger charge is 2.33. The molecule has 3 atom stereocenters. The molecule has 1 heterocycles. The van der Waals surface area contributed by atoms with Crippen LogP contribution in [0.1, 0.15) is 19.3 Å². The molecule has 0 aromatic carbocycles. The summed E-state index contributed by atoms with van der Waals surface area (Å²) in [6.45, 7) is 0. The molecule has 1 aliphatic rings. The van der Waals surface area contributed by atoms with Crippen LogP contribution >= 0.6 is 23.8 Å². The summed E-state index contributed by atoms with van der Waals surface area (Å²) >= 11 is 10.9. The maximum atomic E-state index is 12.2. The van der Waals surface area contributed by atoms with Crippen LogP contribution in [0.25, 0.3) is 0 Å². The van der Waals surface area contributed by atoms with Crippen molar-refractivity contribution in [3.63, 3.8) is 0 Å². The number of nitrogens with one attached hydrogen (secondary N) is 2. The van der Waals surface area contributed by atoms with Gasteiger partial charge in [-0.05, 0) is 31.4 Å². The van der Waals surface area contributed by atoms with Crippen molar-refractivity contribution in [1.82, 2.24) is 15.2 Å². The van der Waals surface area contributed by atoms with Gasteiger partial charge in [-0.3, -0.25) is 9.59 Å². The number of hydrogen-bond donors (Lipinski definition) is 3. The highest BCUT2D eigenvalue weighted by molar-refractivity contribution is 7.82. The Labute approximate surface area is 157 Å². The molecule has 0 radical (unpaired) electrons. The average Bonchev–Trinajstić information content (AvgIpc) is 2.57. The lowest BCUT2D eigenvalue weighted by molar-refractivity contribution is -0.134. The van der Waals surface area contributed by atoms with Crippen molar-refractivity contribution < 1.29 is 9.59 Å². The van der Waals surface area contributed by atoms with Crippen molar-refractivity contribution in [2.45, 2.75) is 31.3 Å². The number of halogens is 1. The van der Waals surface area contributed by atoms with E-state index in [9.17, 15) is 9.59 Å². The summed E-state index contributed by atoms with van der Waals surface area (Å²) < 4.78 is 0. The Morgan fingerprint density at radius 2 is 2.08 bits per heavy atom. The van der Waals surface area contributed by atoms with Gasteiger partial charge in [0.25, 0.3) is 5.91 Å². The predicted octanol–water partition coefficient (Wildman–Crippen LogP) is 1.17. The van der Waals surface area contributed by atoms with Gasteiger partial charge in [-0.25, -0.2) is 4.98 Å². The molecule has 1 saturated carbocycles. The van der Waals surface area contributed by atoms with Crippen molar-refractivity contribution in [2.24, 2.45) is 11.7 Å². The molecule has 25 heavy (non-hydrogen) atoms. The molecule has 1 aliphatic carbocycles. The summed E-state index contributed by atoms with van der Waals surface area (Å²) in [7, 11) is 3.48. The standard InChI is InChI=1S/C16H22ClN5O2S/c1-22(2)16(24)9-3-5-12(11(18)7-9)20-15(25)14(23)21-13-6-4-10(17)8-19-13/h4,6,8-9,11-12H,3,5,7,18H2,1-2H3,(H,20,25)(H,19,21,23)/t9-,11+,12-/m0/s1. The van der Waals surface area contributed by atoms with Crippen LogP contribution in [-0.2, 0) is 9.59 Å². The number of hydrogen-bond acceptors (Lipinski definition) is 5. The van der Waals surface area contributed by atoms with E-state index in [2.05, 4.69) is 15.6 Å². The zero-order valence-corrected chi connectivity index (χ0v) is 15.7. The molecular formula is C16H22ClN5O2S. The van der Waals surface area contributed by atoms with Crippen molar-refractivity contribution in [3.05, 3.63) is 23.4 Å². The maximum Gasteiger partial charge on any atom is 0.284 e. The molecule has 1 aromatic rings. The predicted molar refractivity (Wildman–Crippen MR) is 101 cm³/mol. The van der Waals surface area contributed by atoms with Gasteiger partial charge in [-0.1, -0.05) is 23.8 Å². The molecule has 2 amide bonds. The van der Waals surface area contributed by atoms with Crippen molar-refractivity contribution in [3.8, 4) is 0 Å². The summed E-state index contributed by atoms with van der Waals surface area (Å²) in [5, 5.41) is 6.09. The van der Waals surface area contributed by atoms with E-state index in [0.717, 1.165) is 0 Å². The fourth-order valence-electron chi connectivity index (χ4n) is 2.83. The van der Waals surface area contributed by atoms with E-state index in [1.54, 1.807) is 31.1 Å². The SMILES string of the molecule is CN(C)C(=O)[C@H]1CC[C@H](NC(=S)C(=O)Nc2ccc(Cl)cn2)[C@H](N)C1. The Kier molecular flexibility index (Phi) is 6.69. The second-order valence-electron chi connectivity index (χ2n) is 6.30. The van der Waals surface area contributed by atoms with Gasteiger partial charge in [0.15, 0.2) is 4.99 Å². The van der Waals surface area contributed by atoms with Gasteiger partial charge in [0, 0.05) is 38.3 Å². The lowest BCUT2D eigenvalue weighted by Crippen LogP contribution is -2.54. The Hall–Kier alpha value is -1.77. The van der Waals surface area contributed by atoms with Gasteiger partial charge < -0.3 is 21.3 Å². The smallest absolute Gasteiger partial charge is 0.284 e. The zero-order chi connectivity index (χ0) is 18.6. The first-order valence-electron chi connectivity index (χ1n) is 7.98. The number of thiocarbonyl (C=S) groups is 1. The van der Waals surface area contributed by atoms with E-state index < -0.39 is 5.91 Å². The number of rotatable bonds is 3. The maximum absolute atomic E-state index is 12.2. The molecule has 4 N–H and O–H groups in total. The summed E-state index contributed by atoms with van der Waals surface area (Å²) in [6.07, 6.45) is 3.40. The van der Waals surface area contributed by atoms with Crippen molar-refractivity contribution >= 4 is 46.4 Å². The lowest BCUT2D eigenvalue weighted by Gasteiger charge is -2.35. The largest absolute Gasteiger partial charge is 0.367 e. The van der Waals surface area contributed by atoms with Crippen LogP contribution in [0.5, 0.6) is 0 Å². The normalized spacial score (nSPS) is 22.8. The monoisotopic (exact) mass is 383 g/mol. The second-order valence-corrected chi connectivity index (χ2v) is 7.15. The molecule has 0 spiro atoms. The molecule has 0 unspecified atom stereocenters. The minimum atomic E-state index is -0.455. The second kappa shape index (κ2) is 8.55. The summed E-state index contributed by atoms with van der Waals surface area (Å²) in [5.41, 5.74) is 6.17. The first kappa shape index (κ1) is 19.6. The summed E-state index contributed by atoms with van der Waals surface area (Å²) in [6, 6.07) is 2.83. The minimum Gasteiger partial charge on any atom is -0.367 e. The van der Waals surface area contributed by atoms with Crippen LogP contribution in [0, 0.1) is 5.92 Å². The van der Waals surface area contributed by atoms with E-state index in [0.29, 0.717) is 30.1 Å². The van der Waals surface area contributed by atoms with E-state index in [-0.39, 0.29) is 28.9 Å². The minimum absolute atomic E-state index is 0.0505. The molecule has 136 valence electrons. The van der Waals surface area contributed by atoms with Gasteiger partial charge in [0.05, 0.1) is 5.02 Å². The fourth-order valence-corrected chi connectivity index (χ4v) is 3.15. The number of carbonyl (C=O) groups excluding carboxylic acids is 2. The van der Waals surface area contributed by atoms with Crippen LogP contribution in [0.3, 0.4) is 0 Å². The van der Waals surface area contributed by atoms with Crippen LogP contribution in [0.2, 0.25) is 5.02 Å². The van der Waals surface area contributed by atoms with Gasteiger partial charge in [-0.15, -0.1) is 0 Å². The van der Waals surface area contributed by atoms with E-state index >= 15 is 0 Å². The third-order valence-corrected chi connectivity index (χ3v) is 4.71. The number of aromatic nitrogens is 1. The van der Waals surface area contributed by atoms with Gasteiger partial charge in [0.1, 0.15) is 5.82 Å². The fraction of sp³-hybridized carbons (Fsp3) is 0.500. The van der Waals surface area contributed by atoms with Crippen LogP contribution < -0.4 is 16.4 Å². The number of anilines is 1. The molecule has 0 bridgehead atoms. The van der Waals surface area contributed by atoms with E-state index in [1.165, 1.54) is 6.20 Å². The van der Waals surface area contributed by atoms with Crippen molar-refractivity contribution in [1.29, 1.82) is 0 Å². The number of carbonyl (C=O) groups is 2. The van der Waals surface area contributed by atoms with Gasteiger partial charge in [0.2, 0.25) is 5.91 Å². The van der Waals surface area contributed by atoms with Crippen LogP contribution in [0.4, 0.5) is 5.82 Å². The molecule has 0 saturated heterocycles. The molecule has 0 aliphatic heterocycles. The van der Waals surface area contributed by atoms with Crippen LogP contribution in [0.15, 0.2) is 18.3 Å². The molecule has 7 nitrogen and oxygen atoms in total. The molecular weight excluding hydrogens is 362 g/mol. The number of amides is 2. The molecule has 9 heteroatoms. The van der Waals surface area contributed by atoms with Gasteiger partial charge >= 0.3 is 0 Å². The highest BCUT2D eigenvalue weighted by Crippen LogP contribution is 2.25. The Balaban J connectivity index is 1.87. The topological polar surface area (TPSA) is 100 Å². The Morgan fingerprint density at radius 1 is 1.36 bits per heavy atom. The van der Waals surface area contributed by atoms with E-state index in [1.807, 2.05) is 0 Å². The zero-order valence-electron chi connectivity index (χ0n) is 14.2. The van der Waals surface area contributed by atoms with Gasteiger partial charge in [-0.2, -0.15) is 0 Å². The summed E-state index contributed by atoms with van der Waals surface area (Å²) in [5.74, 6) is -0.0848. The van der Waals surface area contributed by atoms with Crippen molar-refractivity contribution in [2.75, 3.05) is 19.4 Å². The number of pyridine rings is 1. The Morgan fingerprint density at radius 3 is 2.64 bits per heavy atom. The molecule has 1 aromatic heterocycles. The summed E-state index contributed by atoms with van der Waals surface area (Å²) in [4.78, 5) is 29.8. The third-order valence-electron chi connectivity index (χ3n) is 4.18. The first-order valence-corrected chi connectivity index (χ1v) is 8.76. The Bertz CT molecular complexity index is 652. The number of nitrogens with two attached hydrogens (primary N) is 1. The third kappa shape index (κ3) is 5.35. The lowest BCUT2D eigenvalue weighted by atomic mass is 9.82. The quantitative estimate of drug-likeness (QED) is 0.677. The molecule has 1 fully saturated rings. The van der Waals surface area contributed by atoms with E-state index in [4.69, 9.17) is 29.6 Å².